The Balaban J connectivity index is 2.82. The number of halogens is 1. The van der Waals surface area contributed by atoms with Crippen LogP contribution in [-0.2, 0) is 6.54 Å². The van der Waals surface area contributed by atoms with Gasteiger partial charge in [0.15, 0.2) is 0 Å². The van der Waals surface area contributed by atoms with E-state index in [0.29, 0.717) is 6.04 Å². The molecule has 4 heteroatoms. The summed E-state index contributed by atoms with van der Waals surface area (Å²) < 4.78 is 1.02. The molecule has 2 N–H and O–H groups in total. The van der Waals surface area contributed by atoms with E-state index in [9.17, 15) is 0 Å². The number of nitrogens with zero attached hydrogens (tertiary/aromatic N) is 1. The summed E-state index contributed by atoms with van der Waals surface area (Å²) in [5, 5.41) is 6.64. The fraction of sp³-hybridized carbons (Fsp3) is 0.545. The van der Waals surface area contributed by atoms with Gasteiger partial charge in [-0.1, -0.05) is 6.92 Å². The minimum Gasteiger partial charge on any atom is -0.368 e. The SMILES string of the molecule is CCNCc1cc(Br)cnc1NC(C)C. The van der Waals surface area contributed by atoms with Crippen LogP contribution in [0.3, 0.4) is 0 Å². The highest BCUT2D eigenvalue weighted by molar-refractivity contribution is 9.10. The lowest BCUT2D eigenvalue weighted by Crippen LogP contribution is -2.17. The summed E-state index contributed by atoms with van der Waals surface area (Å²) in [7, 11) is 0. The largest absolute Gasteiger partial charge is 0.368 e. The second-order valence-corrected chi connectivity index (χ2v) is 4.66. The molecule has 0 amide bonds. The van der Waals surface area contributed by atoms with Crippen LogP contribution in [0, 0.1) is 0 Å². The van der Waals surface area contributed by atoms with Crippen LogP contribution < -0.4 is 10.6 Å². The molecule has 0 aliphatic carbocycles. The molecule has 0 aliphatic heterocycles. The zero-order chi connectivity index (χ0) is 11.3. The second-order valence-electron chi connectivity index (χ2n) is 3.74. The van der Waals surface area contributed by atoms with Crippen molar-refractivity contribution < 1.29 is 0 Å². The van der Waals surface area contributed by atoms with Crippen LogP contribution in [0.15, 0.2) is 16.7 Å². The van der Waals surface area contributed by atoms with Gasteiger partial charge in [-0.25, -0.2) is 4.98 Å². The molecule has 0 saturated carbocycles. The van der Waals surface area contributed by atoms with Gasteiger partial charge >= 0.3 is 0 Å². The van der Waals surface area contributed by atoms with Gasteiger partial charge in [0, 0.05) is 28.8 Å². The minimum absolute atomic E-state index is 0.402. The van der Waals surface area contributed by atoms with E-state index in [4.69, 9.17) is 0 Å². The number of anilines is 1. The zero-order valence-corrected chi connectivity index (χ0v) is 11.1. The summed E-state index contributed by atoms with van der Waals surface area (Å²) in [5.41, 5.74) is 1.19. The minimum atomic E-state index is 0.402. The monoisotopic (exact) mass is 271 g/mol. The number of aromatic nitrogens is 1. The molecule has 0 bridgehead atoms. The molecular weight excluding hydrogens is 254 g/mol. The van der Waals surface area contributed by atoms with Gasteiger partial charge in [-0.15, -0.1) is 0 Å². The highest BCUT2D eigenvalue weighted by atomic mass is 79.9. The molecule has 0 fully saturated rings. The van der Waals surface area contributed by atoms with E-state index >= 15 is 0 Å². The lowest BCUT2D eigenvalue weighted by Gasteiger charge is -2.14. The Bertz CT molecular complexity index is 313. The summed E-state index contributed by atoms with van der Waals surface area (Å²) >= 11 is 3.44. The van der Waals surface area contributed by atoms with E-state index in [1.165, 1.54) is 5.56 Å². The van der Waals surface area contributed by atoms with Crippen molar-refractivity contribution in [3.63, 3.8) is 0 Å². The quantitative estimate of drug-likeness (QED) is 0.865. The fourth-order valence-electron chi connectivity index (χ4n) is 1.28. The van der Waals surface area contributed by atoms with Gasteiger partial charge in [0.2, 0.25) is 0 Å². The van der Waals surface area contributed by atoms with Gasteiger partial charge in [0.05, 0.1) is 0 Å². The van der Waals surface area contributed by atoms with Crippen molar-refractivity contribution in [1.82, 2.24) is 10.3 Å². The van der Waals surface area contributed by atoms with Gasteiger partial charge < -0.3 is 10.6 Å². The lowest BCUT2D eigenvalue weighted by molar-refractivity contribution is 0.722. The summed E-state index contributed by atoms with van der Waals surface area (Å²) in [5.74, 6) is 0.967. The predicted molar refractivity (Wildman–Crippen MR) is 68.1 cm³/mol. The molecule has 0 aromatic carbocycles. The first kappa shape index (κ1) is 12.5. The Morgan fingerprint density at radius 2 is 2.20 bits per heavy atom. The Kier molecular flexibility index (Phi) is 5.05. The molecule has 1 heterocycles. The molecule has 15 heavy (non-hydrogen) atoms. The van der Waals surface area contributed by atoms with Crippen LogP contribution in [0.5, 0.6) is 0 Å². The van der Waals surface area contributed by atoms with Crippen LogP contribution in [0.2, 0.25) is 0 Å². The molecule has 0 radical (unpaired) electrons. The fourth-order valence-corrected chi connectivity index (χ4v) is 1.66. The van der Waals surface area contributed by atoms with Gasteiger partial charge in [0.1, 0.15) is 5.82 Å². The van der Waals surface area contributed by atoms with Crippen LogP contribution in [0.25, 0.3) is 0 Å². The molecule has 1 aromatic rings. The van der Waals surface area contributed by atoms with E-state index in [1.807, 2.05) is 6.20 Å². The van der Waals surface area contributed by atoms with Crippen molar-refractivity contribution in [1.29, 1.82) is 0 Å². The summed E-state index contributed by atoms with van der Waals surface area (Å²) in [6.45, 7) is 8.13. The molecule has 0 saturated heterocycles. The standard InChI is InChI=1S/C11H18BrN3/c1-4-13-6-9-5-10(12)7-14-11(9)15-8(2)3/h5,7-8,13H,4,6H2,1-3H3,(H,14,15). The first-order valence-corrected chi connectivity index (χ1v) is 6.04. The Hall–Kier alpha value is -0.610. The maximum atomic E-state index is 4.37. The highest BCUT2D eigenvalue weighted by Crippen LogP contribution is 2.18. The van der Waals surface area contributed by atoms with Crippen molar-refractivity contribution in [2.24, 2.45) is 0 Å². The Morgan fingerprint density at radius 1 is 1.47 bits per heavy atom. The smallest absolute Gasteiger partial charge is 0.130 e. The van der Waals surface area contributed by atoms with Crippen LogP contribution in [0.4, 0.5) is 5.82 Å². The molecule has 0 spiro atoms. The highest BCUT2D eigenvalue weighted by Gasteiger charge is 2.05. The molecule has 84 valence electrons. The molecular formula is C11H18BrN3. The average Bonchev–Trinajstić information content (AvgIpc) is 2.18. The summed E-state index contributed by atoms with van der Waals surface area (Å²) in [6, 6.07) is 2.50. The number of nitrogens with one attached hydrogen (secondary N) is 2. The maximum absolute atomic E-state index is 4.37. The number of rotatable bonds is 5. The van der Waals surface area contributed by atoms with Crippen LogP contribution >= 0.6 is 15.9 Å². The topological polar surface area (TPSA) is 37.0 Å². The van der Waals surface area contributed by atoms with E-state index < -0.39 is 0 Å². The zero-order valence-electron chi connectivity index (χ0n) is 9.47. The van der Waals surface area contributed by atoms with Gasteiger partial charge in [-0.05, 0) is 42.4 Å². The number of pyridine rings is 1. The third-order valence-electron chi connectivity index (χ3n) is 1.92. The van der Waals surface area contributed by atoms with E-state index in [1.54, 1.807) is 0 Å². The third kappa shape index (κ3) is 4.18. The van der Waals surface area contributed by atoms with Crippen molar-refractivity contribution in [2.45, 2.75) is 33.4 Å². The lowest BCUT2D eigenvalue weighted by atomic mass is 10.2. The van der Waals surface area contributed by atoms with E-state index in [2.05, 4.69) is 58.4 Å². The molecule has 0 unspecified atom stereocenters. The Morgan fingerprint density at radius 3 is 2.80 bits per heavy atom. The van der Waals surface area contributed by atoms with E-state index in [0.717, 1.165) is 23.4 Å². The van der Waals surface area contributed by atoms with Crippen LogP contribution in [0.1, 0.15) is 26.3 Å². The van der Waals surface area contributed by atoms with Gasteiger partial charge in [-0.3, -0.25) is 0 Å². The first-order valence-electron chi connectivity index (χ1n) is 5.25. The van der Waals surface area contributed by atoms with Crippen molar-refractivity contribution >= 4 is 21.7 Å². The van der Waals surface area contributed by atoms with E-state index in [-0.39, 0.29) is 0 Å². The Labute approximate surface area is 99.8 Å². The summed E-state index contributed by atoms with van der Waals surface area (Å²) in [4.78, 5) is 4.37. The molecule has 0 aliphatic rings. The molecule has 1 aromatic heterocycles. The summed E-state index contributed by atoms with van der Waals surface area (Å²) in [6.07, 6.45) is 1.82. The van der Waals surface area contributed by atoms with Gasteiger partial charge in [0.25, 0.3) is 0 Å². The van der Waals surface area contributed by atoms with Crippen molar-refractivity contribution in [3.05, 3.63) is 22.3 Å². The third-order valence-corrected chi connectivity index (χ3v) is 2.36. The normalized spacial score (nSPS) is 10.7. The number of hydrogen-bond acceptors (Lipinski definition) is 3. The van der Waals surface area contributed by atoms with Crippen LogP contribution in [-0.4, -0.2) is 17.6 Å². The molecule has 0 atom stereocenters. The average molecular weight is 272 g/mol. The molecule has 3 nitrogen and oxygen atoms in total. The first-order chi connectivity index (χ1) is 7.13. The number of hydrogen-bond donors (Lipinski definition) is 2. The molecule has 1 rings (SSSR count). The second kappa shape index (κ2) is 6.08. The maximum Gasteiger partial charge on any atom is 0.130 e. The van der Waals surface area contributed by atoms with Crippen molar-refractivity contribution in [2.75, 3.05) is 11.9 Å². The van der Waals surface area contributed by atoms with Gasteiger partial charge in [-0.2, -0.15) is 0 Å². The van der Waals surface area contributed by atoms with Crippen molar-refractivity contribution in [3.8, 4) is 0 Å². The predicted octanol–water partition coefficient (Wildman–Crippen LogP) is 2.77.